The molecule has 0 saturated carbocycles. The van der Waals surface area contributed by atoms with Crippen molar-refractivity contribution in [1.29, 1.82) is 0 Å². The lowest BCUT2D eigenvalue weighted by atomic mass is 9.84. The average Bonchev–Trinajstić information content (AvgIpc) is 3.43. The van der Waals surface area contributed by atoms with Crippen molar-refractivity contribution in [3.63, 3.8) is 0 Å². The van der Waals surface area contributed by atoms with Gasteiger partial charge in [-0.15, -0.1) is 11.3 Å². The molecule has 47 heavy (non-hydrogen) atoms. The first-order valence-electron chi connectivity index (χ1n) is 16.2. The first-order valence-corrected chi connectivity index (χ1v) is 17.0. The number of pyridine rings is 2. The summed E-state index contributed by atoms with van der Waals surface area (Å²) >= 11 is 1.91. The molecule has 0 N–H and O–H groups in total. The molecule has 10 rings (SSSR count). The van der Waals surface area contributed by atoms with E-state index in [-0.39, 0.29) is 11.5 Å². The maximum absolute atomic E-state index is 14.0. The molecule has 4 heteroatoms. The van der Waals surface area contributed by atoms with Gasteiger partial charge < -0.3 is 0 Å². The molecular formula is C43H28N2OS. The number of thiophene rings is 1. The van der Waals surface area contributed by atoms with E-state index in [4.69, 9.17) is 4.98 Å². The summed E-state index contributed by atoms with van der Waals surface area (Å²) in [4.78, 5) is 19.5. The monoisotopic (exact) mass is 620 g/mol. The van der Waals surface area contributed by atoms with E-state index in [0.29, 0.717) is 5.39 Å². The van der Waals surface area contributed by atoms with Gasteiger partial charge in [0.15, 0.2) is 0 Å². The molecule has 3 nitrogen and oxygen atoms in total. The van der Waals surface area contributed by atoms with Crippen LogP contribution in [-0.2, 0) is 6.42 Å². The van der Waals surface area contributed by atoms with Crippen LogP contribution in [0.15, 0.2) is 144 Å². The second-order valence-electron chi connectivity index (χ2n) is 12.5. The molecule has 0 amide bonds. The molecule has 3 heterocycles. The van der Waals surface area contributed by atoms with Crippen LogP contribution in [0, 0.1) is 0 Å². The Kier molecular flexibility index (Phi) is 5.78. The highest BCUT2D eigenvalue weighted by Gasteiger charge is 2.31. The van der Waals surface area contributed by atoms with Crippen LogP contribution in [0.25, 0.3) is 69.6 Å². The van der Waals surface area contributed by atoms with Crippen molar-refractivity contribution in [2.75, 3.05) is 0 Å². The molecule has 222 valence electrons. The fourth-order valence-electron chi connectivity index (χ4n) is 8.00. The highest BCUT2D eigenvalue weighted by molar-refractivity contribution is 7.26. The van der Waals surface area contributed by atoms with E-state index in [1.165, 1.54) is 53.2 Å². The van der Waals surface area contributed by atoms with Gasteiger partial charge in [-0.3, -0.25) is 9.36 Å². The van der Waals surface area contributed by atoms with Crippen LogP contribution in [0.3, 0.4) is 0 Å². The zero-order valence-corrected chi connectivity index (χ0v) is 26.3. The Bertz CT molecular complexity index is 2780. The minimum atomic E-state index is -0.0254. The third kappa shape index (κ3) is 3.85. The maximum atomic E-state index is 14.0. The Labute approximate surface area is 275 Å². The lowest BCUT2D eigenvalue weighted by Gasteiger charge is -2.22. The number of hydrogen-bond donors (Lipinski definition) is 0. The Balaban J connectivity index is 1.34. The fourth-order valence-corrected chi connectivity index (χ4v) is 9.33. The van der Waals surface area contributed by atoms with E-state index in [1.54, 1.807) is 0 Å². The summed E-state index contributed by atoms with van der Waals surface area (Å²) in [5.41, 5.74) is 8.96. The molecule has 0 aliphatic heterocycles. The zero-order chi connectivity index (χ0) is 31.1. The summed E-state index contributed by atoms with van der Waals surface area (Å²) in [5, 5.41) is 6.82. The number of fused-ring (bicyclic) bond motifs is 13. The van der Waals surface area contributed by atoms with Crippen LogP contribution in [0.2, 0.25) is 0 Å². The first-order chi connectivity index (χ1) is 23.3. The highest BCUT2D eigenvalue weighted by Crippen LogP contribution is 2.52. The van der Waals surface area contributed by atoms with E-state index in [2.05, 4.69) is 84.9 Å². The van der Waals surface area contributed by atoms with Crippen LogP contribution in [0.4, 0.5) is 0 Å². The molecule has 1 unspecified atom stereocenters. The van der Waals surface area contributed by atoms with Gasteiger partial charge >= 0.3 is 0 Å². The van der Waals surface area contributed by atoms with E-state index in [1.807, 2.05) is 70.5 Å². The largest absolute Gasteiger partial charge is 0.275 e. The van der Waals surface area contributed by atoms with Gasteiger partial charge in [0.05, 0.1) is 11.0 Å². The van der Waals surface area contributed by atoms with Gasteiger partial charge in [0.25, 0.3) is 5.56 Å². The van der Waals surface area contributed by atoms with Gasteiger partial charge in [-0.05, 0) is 82.3 Å². The highest BCUT2D eigenvalue weighted by atomic mass is 32.1. The Morgan fingerprint density at radius 2 is 1.32 bits per heavy atom. The zero-order valence-electron chi connectivity index (χ0n) is 25.5. The van der Waals surface area contributed by atoms with Gasteiger partial charge in [0.1, 0.15) is 0 Å². The standard InChI is InChI=1S/C43H28N2OS/c46-43-32-19-9-8-18-31(32)41-36(45(43)27-13-2-1-3-14-27)25-24-35(44-41)33-23-22-26-12-4-5-15-28(26)38-29-16-6-7-17-30(29)39-34-20-10-11-21-37(34)47-42(39)40(33)38/h1-21,24-25,33H,22-23H2. The summed E-state index contributed by atoms with van der Waals surface area (Å²) in [5.74, 6) is 0.0674. The SMILES string of the molecule is O=c1c2ccccc2c2nc(C3CCc4ccccc4-c4c3c3sc5ccccc5c3c3ccccc43)ccc2n1-c1ccccc1. The normalized spacial score (nSPS) is 14.5. The predicted molar refractivity (Wildman–Crippen MR) is 197 cm³/mol. The number of nitrogens with zero attached hydrogens (tertiary/aromatic N) is 2. The quantitative estimate of drug-likeness (QED) is 0.180. The summed E-state index contributed by atoms with van der Waals surface area (Å²) in [7, 11) is 0. The number of para-hydroxylation sites is 1. The Morgan fingerprint density at radius 3 is 2.17 bits per heavy atom. The molecule has 9 aromatic rings. The van der Waals surface area contributed by atoms with Gasteiger partial charge in [-0.25, -0.2) is 4.98 Å². The van der Waals surface area contributed by atoms with Gasteiger partial charge in [0, 0.05) is 48.2 Å². The molecule has 1 aliphatic carbocycles. The van der Waals surface area contributed by atoms with Crippen LogP contribution >= 0.6 is 11.3 Å². The topological polar surface area (TPSA) is 34.9 Å². The molecular weight excluding hydrogens is 593 g/mol. The summed E-state index contributed by atoms with van der Waals surface area (Å²) < 4.78 is 4.48. The van der Waals surface area contributed by atoms with Crippen molar-refractivity contribution < 1.29 is 0 Å². The molecule has 0 radical (unpaired) electrons. The van der Waals surface area contributed by atoms with E-state index >= 15 is 0 Å². The number of aromatic nitrogens is 2. The van der Waals surface area contributed by atoms with E-state index < -0.39 is 0 Å². The molecule has 6 aromatic carbocycles. The van der Waals surface area contributed by atoms with E-state index in [0.717, 1.165) is 40.6 Å². The molecule has 0 fully saturated rings. The molecule has 0 spiro atoms. The van der Waals surface area contributed by atoms with Crippen LogP contribution < -0.4 is 5.56 Å². The second-order valence-corrected chi connectivity index (χ2v) is 13.6. The van der Waals surface area contributed by atoms with Crippen molar-refractivity contribution in [3.05, 3.63) is 167 Å². The molecule has 0 bridgehead atoms. The molecule has 3 aromatic heterocycles. The summed E-state index contributed by atoms with van der Waals surface area (Å²) in [6.07, 6.45) is 1.90. The van der Waals surface area contributed by atoms with Crippen molar-refractivity contribution in [3.8, 4) is 16.8 Å². The van der Waals surface area contributed by atoms with Crippen molar-refractivity contribution in [2.24, 2.45) is 0 Å². The number of rotatable bonds is 2. The van der Waals surface area contributed by atoms with Crippen LogP contribution in [-0.4, -0.2) is 9.55 Å². The van der Waals surface area contributed by atoms with Gasteiger partial charge in [0.2, 0.25) is 0 Å². The summed E-state index contributed by atoms with van der Waals surface area (Å²) in [6, 6.07) is 48.9. The van der Waals surface area contributed by atoms with Gasteiger partial charge in [-0.1, -0.05) is 103 Å². The summed E-state index contributed by atoms with van der Waals surface area (Å²) in [6.45, 7) is 0. The third-order valence-electron chi connectivity index (χ3n) is 10.0. The minimum absolute atomic E-state index is 0.0254. The van der Waals surface area contributed by atoms with Gasteiger partial charge in [-0.2, -0.15) is 0 Å². The Morgan fingerprint density at radius 1 is 0.638 bits per heavy atom. The lowest BCUT2D eigenvalue weighted by molar-refractivity contribution is 0.713. The first kappa shape index (κ1) is 26.6. The number of aryl methyl sites for hydroxylation is 1. The maximum Gasteiger partial charge on any atom is 0.263 e. The van der Waals surface area contributed by atoms with Crippen molar-refractivity contribution in [2.45, 2.75) is 18.8 Å². The predicted octanol–water partition coefficient (Wildman–Crippen LogP) is 10.8. The van der Waals surface area contributed by atoms with Crippen LogP contribution in [0.5, 0.6) is 0 Å². The Hall–Kier alpha value is -5.58. The molecule has 1 atom stereocenters. The number of hydrogen-bond acceptors (Lipinski definition) is 3. The van der Waals surface area contributed by atoms with Crippen molar-refractivity contribution in [1.82, 2.24) is 9.55 Å². The van der Waals surface area contributed by atoms with E-state index in [9.17, 15) is 4.79 Å². The average molecular weight is 621 g/mol. The molecule has 0 saturated heterocycles. The third-order valence-corrected chi connectivity index (χ3v) is 11.2. The van der Waals surface area contributed by atoms with Crippen molar-refractivity contribution >= 4 is 64.1 Å². The minimum Gasteiger partial charge on any atom is -0.275 e. The fraction of sp³-hybridized carbons (Fsp3) is 0.0698. The lowest BCUT2D eigenvalue weighted by Crippen LogP contribution is -2.20. The second kappa shape index (κ2) is 10.2. The smallest absolute Gasteiger partial charge is 0.263 e. The van der Waals surface area contributed by atoms with Crippen LogP contribution in [0.1, 0.15) is 29.2 Å². The number of benzene rings is 6. The molecule has 1 aliphatic rings.